The molecular weight excluding hydrogens is 394 g/mol. The highest BCUT2D eigenvalue weighted by Crippen LogP contribution is 2.29. The normalized spacial score (nSPS) is 11.2. The Morgan fingerprint density at radius 3 is 2.10 bits per heavy atom. The number of para-hydroxylation sites is 1. The lowest BCUT2D eigenvalue weighted by Gasteiger charge is -2.23. The zero-order valence-corrected chi connectivity index (χ0v) is 17.1. The molecule has 0 unspecified atom stereocenters. The van der Waals surface area contributed by atoms with Crippen molar-refractivity contribution in [2.45, 2.75) is 4.90 Å². The van der Waals surface area contributed by atoms with E-state index in [0.29, 0.717) is 11.4 Å². The molecule has 0 amide bonds. The Morgan fingerprint density at radius 2 is 1.40 bits per heavy atom. The summed E-state index contributed by atoms with van der Waals surface area (Å²) in [5.41, 5.74) is 0.545. The first-order valence-corrected chi connectivity index (χ1v) is 11.0. The number of rotatable bonds is 7. The number of benzene rings is 4. The third kappa shape index (κ3) is 4.07. The Hall–Kier alpha value is -3.57. The van der Waals surface area contributed by atoms with Gasteiger partial charge in [-0.3, -0.25) is 4.31 Å². The van der Waals surface area contributed by atoms with Crippen LogP contribution in [-0.4, -0.2) is 15.0 Å². The first-order chi connectivity index (χ1) is 14.6. The minimum Gasteiger partial charge on any atom is -0.457 e. The number of hydrogen-bond donors (Lipinski definition) is 0. The summed E-state index contributed by atoms with van der Waals surface area (Å²) in [7, 11) is -3.76. The molecule has 0 aliphatic rings. The first-order valence-electron chi connectivity index (χ1n) is 9.53. The molecule has 0 saturated heterocycles. The molecule has 0 fully saturated rings. The number of hydrogen-bond acceptors (Lipinski definition) is 3. The highest BCUT2D eigenvalue weighted by molar-refractivity contribution is 7.92. The second-order valence-electron chi connectivity index (χ2n) is 6.74. The molecule has 0 aliphatic heterocycles. The maximum absolute atomic E-state index is 13.4. The summed E-state index contributed by atoms with van der Waals surface area (Å²) >= 11 is 0. The largest absolute Gasteiger partial charge is 0.457 e. The van der Waals surface area contributed by atoms with E-state index in [4.69, 9.17) is 4.74 Å². The van der Waals surface area contributed by atoms with Crippen LogP contribution < -0.4 is 9.04 Å². The Labute approximate surface area is 176 Å². The standard InChI is InChI=1S/C25H21NO3S/c1-2-18-26(22-13-15-24(16-14-22)29-23-10-4-3-5-11-23)30(27,28)25-17-12-20-8-6-7-9-21(20)19-25/h2-17,19H,1,18H2. The van der Waals surface area contributed by atoms with Crippen molar-refractivity contribution in [3.63, 3.8) is 0 Å². The van der Waals surface area contributed by atoms with Crippen LogP contribution in [0.15, 0.2) is 115 Å². The van der Waals surface area contributed by atoms with E-state index in [1.165, 1.54) is 4.31 Å². The van der Waals surface area contributed by atoms with Crippen LogP contribution in [0.1, 0.15) is 0 Å². The van der Waals surface area contributed by atoms with Gasteiger partial charge in [-0.15, -0.1) is 6.58 Å². The monoisotopic (exact) mass is 415 g/mol. The van der Waals surface area contributed by atoms with E-state index in [9.17, 15) is 8.42 Å². The molecule has 4 nitrogen and oxygen atoms in total. The number of fused-ring (bicyclic) bond motifs is 1. The Balaban J connectivity index is 1.65. The van der Waals surface area contributed by atoms with Gasteiger partial charge in [-0.2, -0.15) is 0 Å². The molecule has 5 heteroatoms. The number of ether oxygens (including phenoxy) is 1. The fourth-order valence-electron chi connectivity index (χ4n) is 3.22. The average Bonchev–Trinajstić information content (AvgIpc) is 2.78. The summed E-state index contributed by atoms with van der Waals surface area (Å²) in [5.74, 6) is 1.35. The molecule has 150 valence electrons. The Kier molecular flexibility index (Phi) is 5.55. The molecule has 4 rings (SSSR count). The van der Waals surface area contributed by atoms with E-state index in [1.807, 2.05) is 60.7 Å². The molecule has 4 aromatic rings. The molecule has 0 bridgehead atoms. The minimum absolute atomic E-state index is 0.161. The van der Waals surface area contributed by atoms with Crippen molar-refractivity contribution in [1.82, 2.24) is 0 Å². The van der Waals surface area contributed by atoms with Crippen molar-refractivity contribution >= 4 is 26.5 Å². The van der Waals surface area contributed by atoms with Crippen LogP contribution in [0.2, 0.25) is 0 Å². The first kappa shape index (κ1) is 19.7. The maximum atomic E-state index is 13.4. The zero-order valence-electron chi connectivity index (χ0n) is 16.3. The highest BCUT2D eigenvalue weighted by Gasteiger charge is 2.24. The Morgan fingerprint density at radius 1 is 0.767 bits per heavy atom. The molecule has 0 saturated carbocycles. The lowest BCUT2D eigenvalue weighted by Crippen LogP contribution is -2.31. The van der Waals surface area contributed by atoms with Crippen molar-refractivity contribution in [3.05, 3.63) is 110 Å². The molecule has 0 atom stereocenters. The van der Waals surface area contributed by atoms with Gasteiger partial charge in [0.15, 0.2) is 0 Å². The van der Waals surface area contributed by atoms with Crippen LogP contribution in [0.3, 0.4) is 0 Å². The molecule has 0 N–H and O–H groups in total. The second-order valence-corrected chi connectivity index (χ2v) is 8.61. The van der Waals surface area contributed by atoms with Gasteiger partial charge in [0.25, 0.3) is 10.0 Å². The molecule has 0 aromatic heterocycles. The van der Waals surface area contributed by atoms with Crippen molar-refractivity contribution < 1.29 is 13.2 Å². The van der Waals surface area contributed by atoms with Crippen molar-refractivity contribution in [2.75, 3.05) is 10.8 Å². The summed E-state index contributed by atoms with van der Waals surface area (Å²) in [6.07, 6.45) is 1.58. The molecule has 0 aliphatic carbocycles. The topological polar surface area (TPSA) is 46.6 Å². The summed E-state index contributed by atoms with van der Waals surface area (Å²) in [5, 5.41) is 1.87. The van der Waals surface area contributed by atoms with Gasteiger partial charge in [0.1, 0.15) is 11.5 Å². The fourth-order valence-corrected chi connectivity index (χ4v) is 4.69. The van der Waals surface area contributed by atoms with Crippen molar-refractivity contribution in [1.29, 1.82) is 0 Å². The molecule has 30 heavy (non-hydrogen) atoms. The summed E-state index contributed by atoms with van der Waals surface area (Å²) in [6, 6.07) is 29.3. The highest BCUT2D eigenvalue weighted by atomic mass is 32.2. The van der Waals surface area contributed by atoms with Crippen LogP contribution in [-0.2, 0) is 10.0 Å². The smallest absolute Gasteiger partial charge is 0.264 e. The van der Waals surface area contributed by atoms with Crippen LogP contribution >= 0.6 is 0 Å². The van der Waals surface area contributed by atoms with Gasteiger partial charge in [-0.25, -0.2) is 8.42 Å². The Bertz CT molecular complexity index is 1270. The SMILES string of the molecule is C=CCN(c1ccc(Oc2ccccc2)cc1)S(=O)(=O)c1ccc2ccccc2c1. The van der Waals surface area contributed by atoms with E-state index >= 15 is 0 Å². The van der Waals surface area contributed by atoms with E-state index in [0.717, 1.165) is 16.5 Å². The zero-order chi connectivity index (χ0) is 21.0. The van der Waals surface area contributed by atoms with Gasteiger partial charge in [0.2, 0.25) is 0 Å². The number of anilines is 1. The van der Waals surface area contributed by atoms with Gasteiger partial charge in [0, 0.05) is 0 Å². The molecule has 0 spiro atoms. The van der Waals surface area contributed by atoms with Crippen LogP contribution in [0.5, 0.6) is 11.5 Å². The predicted molar refractivity (Wildman–Crippen MR) is 122 cm³/mol. The van der Waals surface area contributed by atoms with E-state index in [1.54, 1.807) is 42.5 Å². The molecule has 0 heterocycles. The van der Waals surface area contributed by atoms with Gasteiger partial charge in [-0.05, 0) is 59.3 Å². The molecule has 4 aromatic carbocycles. The lowest BCUT2D eigenvalue weighted by atomic mass is 10.1. The maximum Gasteiger partial charge on any atom is 0.264 e. The molecular formula is C25H21NO3S. The number of nitrogens with zero attached hydrogens (tertiary/aromatic N) is 1. The van der Waals surface area contributed by atoms with Crippen LogP contribution in [0.25, 0.3) is 10.8 Å². The van der Waals surface area contributed by atoms with Gasteiger partial charge >= 0.3 is 0 Å². The quantitative estimate of drug-likeness (QED) is 0.347. The van der Waals surface area contributed by atoms with Crippen LogP contribution in [0.4, 0.5) is 5.69 Å². The van der Waals surface area contributed by atoms with E-state index in [-0.39, 0.29) is 11.4 Å². The van der Waals surface area contributed by atoms with Gasteiger partial charge in [-0.1, -0.05) is 54.6 Å². The van der Waals surface area contributed by atoms with E-state index < -0.39 is 10.0 Å². The van der Waals surface area contributed by atoms with Crippen molar-refractivity contribution in [3.8, 4) is 11.5 Å². The third-order valence-electron chi connectivity index (χ3n) is 4.71. The minimum atomic E-state index is -3.76. The van der Waals surface area contributed by atoms with Gasteiger partial charge in [0.05, 0.1) is 17.1 Å². The van der Waals surface area contributed by atoms with Gasteiger partial charge < -0.3 is 4.74 Å². The summed E-state index contributed by atoms with van der Waals surface area (Å²) < 4.78 is 33.9. The lowest BCUT2D eigenvalue weighted by molar-refractivity contribution is 0.482. The third-order valence-corrected chi connectivity index (χ3v) is 6.50. The van der Waals surface area contributed by atoms with Crippen molar-refractivity contribution in [2.24, 2.45) is 0 Å². The van der Waals surface area contributed by atoms with Crippen LogP contribution in [0, 0.1) is 0 Å². The fraction of sp³-hybridized carbons (Fsp3) is 0.0400. The average molecular weight is 416 g/mol. The predicted octanol–water partition coefficient (Wildman–Crippen LogP) is 6.01. The second kappa shape index (κ2) is 8.43. The number of sulfonamides is 1. The summed E-state index contributed by atoms with van der Waals surface area (Å²) in [4.78, 5) is 0.243. The van der Waals surface area contributed by atoms with E-state index in [2.05, 4.69) is 6.58 Å². The summed E-state index contributed by atoms with van der Waals surface area (Å²) in [6.45, 7) is 3.89. The molecule has 0 radical (unpaired) electrons.